The molecule has 2 amide bonds. The minimum Gasteiger partial charge on any atom is -0.343 e. The summed E-state index contributed by atoms with van der Waals surface area (Å²) in [5, 5.41) is 4.82. The van der Waals surface area contributed by atoms with E-state index in [2.05, 4.69) is 10.6 Å². The Kier molecular flexibility index (Phi) is 6.33. The molecule has 2 heterocycles. The van der Waals surface area contributed by atoms with Crippen molar-refractivity contribution >= 4 is 34.1 Å². The summed E-state index contributed by atoms with van der Waals surface area (Å²) in [6.45, 7) is 1.07. The highest BCUT2D eigenvalue weighted by Gasteiger charge is 2.42. The van der Waals surface area contributed by atoms with Gasteiger partial charge in [0.2, 0.25) is 11.8 Å². The zero-order chi connectivity index (χ0) is 16.5. The summed E-state index contributed by atoms with van der Waals surface area (Å²) in [5.41, 5.74) is 0. The number of hydrogen-bond donors (Lipinski definition) is 2. The number of amides is 2. The molecule has 2 unspecified atom stereocenters. The number of nitrogens with zero attached hydrogens (tertiary/aromatic N) is 1. The van der Waals surface area contributed by atoms with Crippen molar-refractivity contribution < 1.29 is 26.8 Å². The van der Waals surface area contributed by atoms with Crippen molar-refractivity contribution in [1.82, 2.24) is 15.5 Å². The van der Waals surface area contributed by atoms with Crippen molar-refractivity contribution in [3.63, 3.8) is 0 Å². The summed E-state index contributed by atoms with van der Waals surface area (Å²) in [4.78, 5) is 25.4. The number of carbonyl (C=O) groups is 2. The predicted octanol–water partition coefficient (Wildman–Crippen LogP) is -0.833. The van der Waals surface area contributed by atoms with Gasteiger partial charge in [0.05, 0.1) is 24.1 Å². The van der Waals surface area contributed by atoms with Gasteiger partial charge in [-0.15, -0.1) is 12.4 Å². The predicted molar refractivity (Wildman–Crippen MR) is 81.4 cm³/mol. The van der Waals surface area contributed by atoms with Gasteiger partial charge in [0.1, 0.15) is 6.04 Å². The fourth-order valence-electron chi connectivity index (χ4n) is 2.48. The van der Waals surface area contributed by atoms with E-state index in [4.69, 9.17) is 0 Å². The van der Waals surface area contributed by atoms with Crippen LogP contribution in [-0.2, 0) is 19.4 Å². The van der Waals surface area contributed by atoms with E-state index in [-0.39, 0.29) is 37.0 Å². The summed E-state index contributed by atoms with van der Waals surface area (Å²) in [7, 11) is -3.10. The third-order valence-corrected chi connectivity index (χ3v) is 5.42. The summed E-state index contributed by atoms with van der Waals surface area (Å²) in [6.07, 6.45) is -0.596. The number of halogens is 3. The summed E-state index contributed by atoms with van der Waals surface area (Å²) in [6, 6.07) is -1.91. The molecule has 11 heteroatoms. The van der Waals surface area contributed by atoms with Crippen LogP contribution in [0.15, 0.2) is 0 Å². The number of sulfone groups is 1. The standard InChI is InChI=1S/C12H19F2N3O4S.ClH/c1-8(11(19)17-2-4-22(20,21)5-3-17)16-10(18)9-6-12(13,14)7-15-9;/h8-9,15H,2-7H2,1H3,(H,16,18);1H. The highest BCUT2D eigenvalue weighted by molar-refractivity contribution is 7.91. The molecular weight excluding hydrogens is 356 g/mol. The van der Waals surface area contributed by atoms with Crippen molar-refractivity contribution in [3.8, 4) is 0 Å². The zero-order valence-electron chi connectivity index (χ0n) is 12.5. The molecule has 2 N–H and O–H groups in total. The van der Waals surface area contributed by atoms with Crippen LogP contribution in [0.3, 0.4) is 0 Å². The highest BCUT2D eigenvalue weighted by Crippen LogP contribution is 2.25. The Morgan fingerprint density at radius 2 is 1.87 bits per heavy atom. The molecule has 0 aliphatic carbocycles. The van der Waals surface area contributed by atoms with Crippen LogP contribution in [-0.4, -0.2) is 74.3 Å². The molecule has 2 atom stereocenters. The largest absolute Gasteiger partial charge is 0.343 e. The molecule has 0 bridgehead atoms. The second-order valence-electron chi connectivity index (χ2n) is 5.70. The lowest BCUT2D eigenvalue weighted by molar-refractivity contribution is -0.136. The molecule has 134 valence electrons. The lowest BCUT2D eigenvalue weighted by Crippen LogP contribution is -2.54. The average molecular weight is 376 g/mol. The Morgan fingerprint density at radius 1 is 1.30 bits per heavy atom. The van der Waals surface area contributed by atoms with E-state index >= 15 is 0 Å². The first-order valence-electron chi connectivity index (χ1n) is 7.00. The van der Waals surface area contributed by atoms with Gasteiger partial charge in [-0.25, -0.2) is 17.2 Å². The van der Waals surface area contributed by atoms with Crippen LogP contribution >= 0.6 is 12.4 Å². The monoisotopic (exact) mass is 375 g/mol. The molecule has 2 saturated heterocycles. The molecule has 0 aromatic heterocycles. The quantitative estimate of drug-likeness (QED) is 0.671. The summed E-state index contributed by atoms with van der Waals surface area (Å²) >= 11 is 0. The van der Waals surface area contributed by atoms with Gasteiger partial charge in [0, 0.05) is 19.5 Å². The molecule has 2 aliphatic rings. The molecule has 2 rings (SSSR count). The van der Waals surface area contributed by atoms with E-state index in [1.54, 1.807) is 0 Å². The Bertz CT molecular complexity index is 559. The summed E-state index contributed by atoms with van der Waals surface area (Å²) in [5.74, 6) is -4.18. The van der Waals surface area contributed by atoms with Gasteiger partial charge in [-0.3, -0.25) is 14.9 Å². The van der Waals surface area contributed by atoms with Crippen LogP contribution < -0.4 is 10.6 Å². The minimum absolute atomic E-state index is 0. The van der Waals surface area contributed by atoms with Crippen LogP contribution in [0, 0.1) is 0 Å². The van der Waals surface area contributed by atoms with Crippen LogP contribution in [0.25, 0.3) is 0 Å². The molecule has 0 saturated carbocycles. The van der Waals surface area contributed by atoms with E-state index in [0.29, 0.717) is 0 Å². The van der Waals surface area contributed by atoms with E-state index in [9.17, 15) is 26.8 Å². The highest BCUT2D eigenvalue weighted by atomic mass is 35.5. The van der Waals surface area contributed by atoms with Gasteiger partial charge in [0.25, 0.3) is 5.92 Å². The first-order valence-corrected chi connectivity index (χ1v) is 8.83. The molecule has 2 fully saturated rings. The third-order valence-electron chi connectivity index (χ3n) is 3.81. The molecule has 0 aromatic carbocycles. The molecule has 0 radical (unpaired) electrons. The fourth-order valence-corrected chi connectivity index (χ4v) is 3.68. The normalized spacial score (nSPS) is 26.9. The van der Waals surface area contributed by atoms with Crippen molar-refractivity contribution in [1.29, 1.82) is 0 Å². The number of carbonyl (C=O) groups excluding carboxylic acids is 2. The maximum atomic E-state index is 13.0. The van der Waals surface area contributed by atoms with Crippen molar-refractivity contribution in [2.45, 2.75) is 31.4 Å². The van der Waals surface area contributed by atoms with Crippen molar-refractivity contribution in [2.75, 3.05) is 31.1 Å². The van der Waals surface area contributed by atoms with Gasteiger partial charge in [-0.05, 0) is 6.92 Å². The molecule has 0 spiro atoms. The molecule has 0 aromatic rings. The average Bonchev–Trinajstić information content (AvgIpc) is 2.78. The second-order valence-corrected chi connectivity index (χ2v) is 8.00. The van der Waals surface area contributed by atoms with Gasteiger partial charge >= 0.3 is 0 Å². The van der Waals surface area contributed by atoms with E-state index in [1.165, 1.54) is 11.8 Å². The van der Waals surface area contributed by atoms with Gasteiger partial charge in [-0.1, -0.05) is 0 Å². The lowest BCUT2D eigenvalue weighted by Gasteiger charge is -2.29. The maximum absolute atomic E-state index is 13.0. The Hall–Kier alpha value is -1.00. The maximum Gasteiger partial charge on any atom is 0.262 e. The minimum atomic E-state index is -3.10. The van der Waals surface area contributed by atoms with E-state index in [1.807, 2.05) is 0 Å². The Labute approximate surface area is 139 Å². The van der Waals surface area contributed by atoms with Crippen molar-refractivity contribution in [2.24, 2.45) is 0 Å². The lowest BCUT2D eigenvalue weighted by atomic mass is 10.1. The molecule has 2 aliphatic heterocycles. The molecule has 7 nitrogen and oxygen atoms in total. The number of hydrogen-bond acceptors (Lipinski definition) is 5. The van der Waals surface area contributed by atoms with E-state index in [0.717, 1.165) is 0 Å². The second kappa shape index (κ2) is 7.27. The third kappa shape index (κ3) is 5.25. The van der Waals surface area contributed by atoms with Crippen LogP contribution in [0.4, 0.5) is 8.78 Å². The Balaban J connectivity index is 0.00000264. The first-order chi connectivity index (χ1) is 10.1. The summed E-state index contributed by atoms with van der Waals surface area (Å²) < 4.78 is 48.7. The van der Waals surface area contributed by atoms with Crippen LogP contribution in [0.1, 0.15) is 13.3 Å². The SMILES string of the molecule is CC(NC(=O)C1CC(F)(F)CN1)C(=O)N1CCS(=O)(=O)CC1.Cl. The molecule has 23 heavy (non-hydrogen) atoms. The molecular formula is C12H20ClF2N3O4S. The number of alkyl halides is 2. The van der Waals surface area contributed by atoms with E-state index < -0.39 is 52.6 Å². The van der Waals surface area contributed by atoms with Gasteiger partial charge < -0.3 is 10.2 Å². The smallest absolute Gasteiger partial charge is 0.262 e. The van der Waals surface area contributed by atoms with Gasteiger partial charge in [0.15, 0.2) is 9.84 Å². The first kappa shape index (κ1) is 20.0. The van der Waals surface area contributed by atoms with Crippen molar-refractivity contribution in [3.05, 3.63) is 0 Å². The number of nitrogens with one attached hydrogen (secondary N) is 2. The topological polar surface area (TPSA) is 95.6 Å². The van der Waals surface area contributed by atoms with Crippen LogP contribution in [0.2, 0.25) is 0 Å². The van der Waals surface area contributed by atoms with Crippen LogP contribution in [0.5, 0.6) is 0 Å². The number of rotatable bonds is 3. The zero-order valence-corrected chi connectivity index (χ0v) is 14.2. The fraction of sp³-hybridized carbons (Fsp3) is 0.833. The Morgan fingerprint density at radius 3 is 2.35 bits per heavy atom. The van der Waals surface area contributed by atoms with Gasteiger partial charge in [-0.2, -0.15) is 0 Å².